The molecule has 0 unspecified atom stereocenters. The summed E-state index contributed by atoms with van der Waals surface area (Å²) in [5.41, 5.74) is 8.77. The first-order chi connectivity index (χ1) is 8.11. The molecule has 0 radical (unpaired) electrons. The van der Waals surface area contributed by atoms with Gasteiger partial charge in [0.2, 0.25) is 0 Å². The Labute approximate surface area is 103 Å². The van der Waals surface area contributed by atoms with E-state index < -0.39 is 0 Å². The van der Waals surface area contributed by atoms with Crippen molar-refractivity contribution in [3.63, 3.8) is 0 Å². The van der Waals surface area contributed by atoms with Gasteiger partial charge in [-0.3, -0.25) is 4.79 Å². The van der Waals surface area contributed by atoms with Crippen LogP contribution < -0.4 is 5.73 Å². The molecule has 2 N–H and O–H groups in total. The van der Waals surface area contributed by atoms with E-state index in [9.17, 15) is 4.79 Å². The van der Waals surface area contributed by atoms with Crippen LogP contribution in [0.4, 0.5) is 0 Å². The fraction of sp³-hybridized carbons (Fsp3) is 0.500. The summed E-state index contributed by atoms with van der Waals surface area (Å²) < 4.78 is 0. The summed E-state index contributed by atoms with van der Waals surface area (Å²) in [6, 6.07) is 6.23. The predicted molar refractivity (Wildman–Crippen MR) is 69.0 cm³/mol. The van der Waals surface area contributed by atoms with Crippen LogP contribution in [0.5, 0.6) is 0 Å². The van der Waals surface area contributed by atoms with Gasteiger partial charge >= 0.3 is 0 Å². The molecule has 1 heterocycles. The van der Waals surface area contributed by atoms with Crippen LogP contribution in [0.25, 0.3) is 0 Å². The second-order valence-corrected chi connectivity index (χ2v) is 4.91. The molecule has 1 aromatic rings. The van der Waals surface area contributed by atoms with Gasteiger partial charge in [-0.15, -0.1) is 0 Å². The maximum Gasteiger partial charge on any atom is 0.254 e. The Morgan fingerprint density at radius 1 is 1.35 bits per heavy atom. The molecule has 1 atom stereocenters. The molecule has 1 aliphatic rings. The number of carbonyl (C=O) groups is 1. The highest BCUT2D eigenvalue weighted by Gasteiger charge is 2.28. The van der Waals surface area contributed by atoms with Crippen molar-refractivity contribution in [3.8, 4) is 0 Å². The Balaban J connectivity index is 2.24. The molecule has 1 aliphatic heterocycles. The summed E-state index contributed by atoms with van der Waals surface area (Å²) in [6.07, 6.45) is 2.10. The number of nitrogens with zero attached hydrogens (tertiary/aromatic N) is 1. The van der Waals surface area contributed by atoms with Gasteiger partial charge in [-0.25, -0.2) is 0 Å². The summed E-state index contributed by atoms with van der Waals surface area (Å²) in [6.45, 7) is 5.45. The number of rotatable bonds is 2. The second kappa shape index (κ2) is 4.88. The molecule has 0 aliphatic carbocycles. The molecule has 0 spiro atoms. The number of likely N-dealkylation sites (tertiary alicyclic amines) is 1. The average Bonchev–Trinajstić information content (AvgIpc) is 2.74. The van der Waals surface area contributed by atoms with Crippen molar-refractivity contribution < 1.29 is 4.79 Å². The van der Waals surface area contributed by atoms with Gasteiger partial charge in [0.05, 0.1) is 0 Å². The molecule has 3 heteroatoms. The fourth-order valence-electron chi connectivity index (χ4n) is 2.61. The number of nitrogens with two attached hydrogens (primary N) is 1. The topological polar surface area (TPSA) is 46.3 Å². The largest absolute Gasteiger partial charge is 0.334 e. The van der Waals surface area contributed by atoms with Crippen molar-refractivity contribution in [3.05, 3.63) is 34.9 Å². The highest BCUT2D eigenvalue weighted by atomic mass is 16.2. The molecule has 1 amide bonds. The summed E-state index contributed by atoms with van der Waals surface area (Å²) in [5.74, 6) is 0.129. The van der Waals surface area contributed by atoms with Crippen LogP contribution in [-0.4, -0.2) is 29.9 Å². The lowest BCUT2D eigenvalue weighted by molar-refractivity contribution is 0.0741. The van der Waals surface area contributed by atoms with Gasteiger partial charge in [0.1, 0.15) is 0 Å². The lowest BCUT2D eigenvalue weighted by Gasteiger charge is -2.23. The van der Waals surface area contributed by atoms with Crippen molar-refractivity contribution in [2.75, 3.05) is 13.1 Å². The van der Waals surface area contributed by atoms with E-state index in [0.717, 1.165) is 36.1 Å². The monoisotopic (exact) mass is 232 g/mol. The average molecular weight is 232 g/mol. The molecule has 0 aromatic heterocycles. The van der Waals surface area contributed by atoms with E-state index in [2.05, 4.69) is 6.07 Å². The SMILES string of the molecule is Cc1cc(C)cc(C(=O)N2CCC[C@@H]2CN)c1. The zero-order chi connectivity index (χ0) is 12.4. The number of amides is 1. The number of carbonyl (C=O) groups excluding carboxylic acids is 1. The highest BCUT2D eigenvalue weighted by molar-refractivity contribution is 5.95. The van der Waals surface area contributed by atoms with E-state index >= 15 is 0 Å². The number of benzene rings is 1. The first-order valence-corrected chi connectivity index (χ1v) is 6.21. The van der Waals surface area contributed by atoms with Crippen molar-refractivity contribution in [1.29, 1.82) is 0 Å². The molecular weight excluding hydrogens is 212 g/mol. The molecule has 1 fully saturated rings. The van der Waals surface area contributed by atoms with E-state index in [-0.39, 0.29) is 11.9 Å². The van der Waals surface area contributed by atoms with Crippen LogP contribution >= 0.6 is 0 Å². The number of aryl methyl sites for hydroxylation is 2. The first kappa shape index (κ1) is 12.1. The Kier molecular flexibility index (Phi) is 3.48. The first-order valence-electron chi connectivity index (χ1n) is 6.21. The normalized spacial score (nSPS) is 19.7. The van der Waals surface area contributed by atoms with Gasteiger partial charge in [0.15, 0.2) is 0 Å². The van der Waals surface area contributed by atoms with Gasteiger partial charge in [-0.1, -0.05) is 17.2 Å². The highest BCUT2D eigenvalue weighted by Crippen LogP contribution is 2.20. The van der Waals surface area contributed by atoms with Gasteiger partial charge in [0, 0.05) is 24.7 Å². The minimum atomic E-state index is 0.129. The minimum absolute atomic E-state index is 0.129. The van der Waals surface area contributed by atoms with Crippen molar-refractivity contribution >= 4 is 5.91 Å². The van der Waals surface area contributed by atoms with E-state index in [1.165, 1.54) is 0 Å². The van der Waals surface area contributed by atoms with Crippen molar-refractivity contribution in [2.24, 2.45) is 5.73 Å². The number of hydrogen-bond acceptors (Lipinski definition) is 2. The summed E-state index contributed by atoms with van der Waals surface area (Å²) >= 11 is 0. The van der Waals surface area contributed by atoms with Gasteiger partial charge in [0.25, 0.3) is 5.91 Å². The van der Waals surface area contributed by atoms with E-state index in [0.29, 0.717) is 6.54 Å². The molecular formula is C14H20N2O. The predicted octanol–water partition coefficient (Wildman–Crippen LogP) is 1.87. The van der Waals surface area contributed by atoms with Crippen LogP contribution in [0.15, 0.2) is 18.2 Å². The van der Waals surface area contributed by atoms with Gasteiger partial charge < -0.3 is 10.6 Å². The molecule has 92 valence electrons. The Bertz CT molecular complexity index is 408. The Hall–Kier alpha value is -1.35. The van der Waals surface area contributed by atoms with Crippen LogP contribution in [0.3, 0.4) is 0 Å². The van der Waals surface area contributed by atoms with Gasteiger partial charge in [-0.05, 0) is 38.8 Å². The molecule has 0 bridgehead atoms. The maximum absolute atomic E-state index is 12.4. The van der Waals surface area contributed by atoms with E-state index in [4.69, 9.17) is 5.73 Å². The fourth-order valence-corrected chi connectivity index (χ4v) is 2.61. The van der Waals surface area contributed by atoms with Crippen LogP contribution in [0, 0.1) is 13.8 Å². The Morgan fingerprint density at radius 3 is 2.59 bits per heavy atom. The summed E-state index contributed by atoms with van der Waals surface area (Å²) in [4.78, 5) is 14.3. The van der Waals surface area contributed by atoms with E-state index in [1.807, 2.05) is 30.9 Å². The minimum Gasteiger partial charge on any atom is -0.334 e. The molecule has 1 aromatic carbocycles. The lowest BCUT2D eigenvalue weighted by atomic mass is 10.1. The molecule has 0 saturated carbocycles. The third-order valence-corrected chi connectivity index (χ3v) is 3.38. The zero-order valence-electron chi connectivity index (χ0n) is 10.6. The standard InChI is InChI=1S/C14H20N2O/c1-10-6-11(2)8-12(7-10)14(17)16-5-3-4-13(16)9-15/h6-8,13H,3-5,9,15H2,1-2H3/t13-/m1/s1. The molecule has 3 nitrogen and oxygen atoms in total. The summed E-state index contributed by atoms with van der Waals surface area (Å²) in [7, 11) is 0. The van der Waals surface area contributed by atoms with Crippen LogP contribution in [0.2, 0.25) is 0 Å². The van der Waals surface area contributed by atoms with Crippen LogP contribution in [0.1, 0.15) is 34.3 Å². The quantitative estimate of drug-likeness (QED) is 0.846. The third kappa shape index (κ3) is 2.50. The van der Waals surface area contributed by atoms with Gasteiger partial charge in [-0.2, -0.15) is 0 Å². The van der Waals surface area contributed by atoms with Crippen molar-refractivity contribution in [2.45, 2.75) is 32.7 Å². The molecule has 1 saturated heterocycles. The molecule has 17 heavy (non-hydrogen) atoms. The smallest absolute Gasteiger partial charge is 0.254 e. The second-order valence-electron chi connectivity index (χ2n) is 4.91. The maximum atomic E-state index is 12.4. The zero-order valence-corrected chi connectivity index (χ0v) is 10.6. The third-order valence-electron chi connectivity index (χ3n) is 3.38. The summed E-state index contributed by atoms with van der Waals surface area (Å²) in [5, 5.41) is 0. The van der Waals surface area contributed by atoms with Crippen molar-refractivity contribution in [1.82, 2.24) is 4.90 Å². The van der Waals surface area contributed by atoms with Crippen LogP contribution in [-0.2, 0) is 0 Å². The lowest BCUT2D eigenvalue weighted by Crippen LogP contribution is -2.39. The number of hydrogen-bond donors (Lipinski definition) is 1. The van der Waals surface area contributed by atoms with E-state index in [1.54, 1.807) is 0 Å². The Morgan fingerprint density at radius 2 is 2.00 bits per heavy atom. The molecule has 2 rings (SSSR count).